The van der Waals surface area contributed by atoms with E-state index in [2.05, 4.69) is 15.3 Å². The molecule has 2 heterocycles. The Morgan fingerprint density at radius 1 is 1.25 bits per heavy atom. The minimum atomic E-state index is -4.40. The summed E-state index contributed by atoms with van der Waals surface area (Å²) in [7, 11) is 0. The summed E-state index contributed by atoms with van der Waals surface area (Å²) in [5.41, 5.74) is 0.998. The maximum absolute atomic E-state index is 12.9. The van der Waals surface area contributed by atoms with Crippen molar-refractivity contribution >= 4 is 5.82 Å². The summed E-state index contributed by atoms with van der Waals surface area (Å²) in [4.78, 5) is 8.16. The lowest BCUT2D eigenvalue weighted by Crippen LogP contribution is -2.09. The van der Waals surface area contributed by atoms with Crippen LogP contribution < -0.4 is 5.32 Å². The number of pyridine rings is 2. The van der Waals surface area contributed by atoms with Crippen LogP contribution in [0.1, 0.15) is 18.1 Å². The molecule has 3 nitrogen and oxygen atoms in total. The van der Waals surface area contributed by atoms with Crippen molar-refractivity contribution in [2.75, 3.05) is 11.9 Å². The fourth-order valence-corrected chi connectivity index (χ4v) is 1.86. The van der Waals surface area contributed by atoms with E-state index < -0.39 is 11.7 Å². The van der Waals surface area contributed by atoms with Crippen LogP contribution in [0.25, 0.3) is 11.3 Å². The number of nitrogens with one attached hydrogen (secondary N) is 1. The van der Waals surface area contributed by atoms with E-state index in [1.807, 2.05) is 0 Å². The molecular weight excluding hydrogens is 267 g/mol. The van der Waals surface area contributed by atoms with Gasteiger partial charge in [-0.25, -0.2) is 4.98 Å². The van der Waals surface area contributed by atoms with Crippen LogP contribution in [0.2, 0.25) is 0 Å². The standard InChI is InChI=1S/C14H14F3N3/c1-3-19-13-7-10(14(15,16)17)6-12(20-13)11-4-5-18-8-9(11)2/h4-8H,3H2,1-2H3,(H,19,20). The lowest BCUT2D eigenvalue weighted by Gasteiger charge is -2.13. The minimum absolute atomic E-state index is 0.216. The number of alkyl halides is 3. The molecule has 2 aromatic heterocycles. The first-order chi connectivity index (χ1) is 9.41. The second-order valence-electron chi connectivity index (χ2n) is 4.34. The Bertz CT molecular complexity index is 609. The maximum atomic E-state index is 12.9. The number of aromatic nitrogens is 2. The highest BCUT2D eigenvalue weighted by atomic mass is 19.4. The summed E-state index contributed by atoms with van der Waals surface area (Å²) in [6, 6.07) is 3.74. The van der Waals surface area contributed by atoms with Crippen LogP contribution in [0.4, 0.5) is 19.0 Å². The van der Waals surface area contributed by atoms with Gasteiger partial charge in [0.15, 0.2) is 0 Å². The molecule has 0 spiro atoms. The van der Waals surface area contributed by atoms with Gasteiger partial charge in [-0.1, -0.05) is 0 Å². The molecule has 0 atom stereocenters. The van der Waals surface area contributed by atoms with Crippen LogP contribution >= 0.6 is 0 Å². The fraction of sp³-hybridized carbons (Fsp3) is 0.286. The number of rotatable bonds is 3. The maximum Gasteiger partial charge on any atom is 0.416 e. The molecule has 0 amide bonds. The predicted octanol–water partition coefficient (Wildman–Crippen LogP) is 3.90. The predicted molar refractivity (Wildman–Crippen MR) is 71.4 cm³/mol. The number of nitrogens with zero attached hydrogens (tertiary/aromatic N) is 2. The van der Waals surface area contributed by atoms with Gasteiger partial charge in [0.1, 0.15) is 5.82 Å². The molecule has 2 aromatic rings. The average Bonchev–Trinajstić information content (AvgIpc) is 2.38. The Kier molecular flexibility index (Phi) is 3.92. The van der Waals surface area contributed by atoms with Crippen molar-refractivity contribution in [2.45, 2.75) is 20.0 Å². The molecule has 1 N–H and O–H groups in total. The second kappa shape index (κ2) is 5.48. The van der Waals surface area contributed by atoms with Gasteiger partial charge in [0, 0.05) is 24.5 Å². The van der Waals surface area contributed by atoms with E-state index in [1.165, 1.54) is 6.20 Å². The molecule has 20 heavy (non-hydrogen) atoms. The molecule has 0 saturated heterocycles. The van der Waals surface area contributed by atoms with E-state index in [0.717, 1.165) is 17.7 Å². The van der Waals surface area contributed by atoms with Gasteiger partial charge in [0.05, 0.1) is 11.3 Å². The quantitative estimate of drug-likeness (QED) is 0.927. The Morgan fingerprint density at radius 2 is 2.00 bits per heavy atom. The highest BCUT2D eigenvalue weighted by Gasteiger charge is 2.31. The molecule has 0 bridgehead atoms. The SMILES string of the molecule is CCNc1cc(C(F)(F)F)cc(-c2ccncc2C)n1. The second-order valence-corrected chi connectivity index (χ2v) is 4.34. The van der Waals surface area contributed by atoms with E-state index in [4.69, 9.17) is 0 Å². The van der Waals surface area contributed by atoms with Crippen LogP contribution in [0.3, 0.4) is 0 Å². The minimum Gasteiger partial charge on any atom is -0.370 e. The van der Waals surface area contributed by atoms with Gasteiger partial charge in [-0.05, 0) is 37.6 Å². The number of aryl methyl sites for hydroxylation is 1. The lowest BCUT2D eigenvalue weighted by molar-refractivity contribution is -0.137. The van der Waals surface area contributed by atoms with Gasteiger partial charge in [-0.2, -0.15) is 13.2 Å². The average molecular weight is 281 g/mol. The van der Waals surface area contributed by atoms with Gasteiger partial charge < -0.3 is 5.32 Å². The zero-order valence-corrected chi connectivity index (χ0v) is 11.1. The molecule has 0 aliphatic carbocycles. The summed E-state index contributed by atoms with van der Waals surface area (Å²) in [5, 5.41) is 2.82. The van der Waals surface area contributed by atoms with E-state index in [1.54, 1.807) is 26.1 Å². The summed E-state index contributed by atoms with van der Waals surface area (Å²) < 4.78 is 38.8. The third kappa shape index (κ3) is 3.07. The zero-order chi connectivity index (χ0) is 14.8. The lowest BCUT2D eigenvalue weighted by atomic mass is 10.1. The van der Waals surface area contributed by atoms with E-state index >= 15 is 0 Å². The van der Waals surface area contributed by atoms with E-state index in [9.17, 15) is 13.2 Å². The van der Waals surface area contributed by atoms with Gasteiger partial charge in [-0.15, -0.1) is 0 Å². The molecule has 0 radical (unpaired) electrons. The molecule has 6 heteroatoms. The van der Waals surface area contributed by atoms with E-state index in [-0.39, 0.29) is 11.5 Å². The monoisotopic (exact) mass is 281 g/mol. The van der Waals surface area contributed by atoms with Crippen molar-refractivity contribution in [1.29, 1.82) is 0 Å². The Labute approximate surface area is 114 Å². The number of halogens is 3. The molecule has 0 aliphatic rings. The van der Waals surface area contributed by atoms with Gasteiger partial charge in [-0.3, -0.25) is 4.98 Å². The first kappa shape index (κ1) is 14.3. The summed E-state index contributed by atoms with van der Waals surface area (Å²) in [6.07, 6.45) is -1.26. The molecule has 0 aliphatic heterocycles. The van der Waals surface area contributed by atoms with Crippen LogP contribution in [0.15, 0.2) is 30.6 Å². The topological polar surface area (TPSA) is 37.8 Å². The number of hydrogen-bond acceptors (Lipinski definition) is 3. The largest absolute Gasteiger partial charge is 0.416 e. The first-order valence-corrected chi connectivity index (χ1v) is 6.16. The Hall–Kier alpha value is -2.11. The Morgan fingerprint density at radius 3 is 2.60 bits per heavy atom. The van der Waals surface area contributed by atoms with Crippen LogP contribution in [0, 0.1) is 6.92 Å². The zero-order valence-electron chi connectivity index (χ0n) is 11.1. The summed E-state index contributed by atoms with van der Waals surface area (Å²) in [5.74, 6) is 0.216. The molecule has 0 aromatic carbocycles. The van der Waals surface area contributed by atoms with Crippen molar-refractivity contribution in [3.8, 4) is 11.3 Å². The molecule has 0 fully saturated rings. The molecule has 0 saturated carbocycles. The molecule has 0 unspecified atom stereocenters. The van der Waals surface area contributed by atoms with Crippen LogP contribution in [-0.2, 0) is 6.18 Å². The fourth-order valence-electron chi connectivity index (χ4n) is 1.86. The molecule has 106 valence electrons. The molecule has 2 rings (SSSR count). The smallest absolute Gasteiger partial charge is 0.370 e. The summed E-state index contributed by atoms with van der Waals surface area (Å²) in [6.45, 7) is 4.10. The number of anilines is 1. The van der Waals surface area contributed by atoms with Crippen molar-refractivity contribution < 1.29 is 13.2 Å². The third-order valence-electron chi connectivity index (χ3n) is 2.81. The summed E-state index contributed by atoms with van der Waals surface area (Å²) >= 11 is 0. The molecular formula is C14H14F3N3. The third-order valence-corrected chi connectivity index (χ3v) is 2.81. The van der Waals surface area contributed by atoms with Gasteiger partial charge >= 0.3 is 6.18 Å². The highest BCUT2D eigenvalue weighted by Crippen LogP contribution is 2.33. The van der Waals surface area contributed by atoms with Crippen molar-refractivity contribution in [1.82, 2.24) is 9.97 Å². The van der Waals surface area contributed by atoms with Crippen LogP contribution in [-0.4, -0.2) is 16.5 Å². The normalized spacial score (nSPS) is 11.4. The van der Waals surface area contributed by atoms with Crippen molar-refractivity contribution in [3.05, 3.63) is 41.7 Å². The van der Waals surface area contributed by atoms with Crippen molar-refractivity contribution in [3.63, 3.8) is 0 Å². The Balaban J connectivity index is 2.58. The number of hydrogen-bond donors (Lipinski definition) is 1. The highest BCUT2D eigenvalue weighted by molar-refractivity contribution is 5.65. The van der Waals surface area contributed by atoms with E-state index in [0.29, 0.717) is 12.1 Å². The van der Waals surface area contributed by atoms with Crippen molar-refractivity contribution in [2.24, 2.45) is 0 Å². The van der Waals surface area contributed by atoms with Gasteiger partial charge in [0.25, 0.3) is 0 Å². The van der Waals surface area contributed by atoms with Crippen LogP contribution in [0.5, 0.6) is 0 Å². The van der Waals surface area contributed by atoms with Gasteiger partial charge in [0.2, 0.25) is 0 Å². The first-order valence-electron chi connectivity index (χ1n) is 6.16.